The predicted molar refractivity (Wildman–Crippen MR) is 49.1 cm³/mol. The first kappa shape index (κ1) is 8.79. The van der Waals surface area contributed by atoms with Crippen molar-refractivity contribution in [1.29, 1.82) is 0 Å². The minimum atomic E-state index is 1.03. The Bertz CT molecular complexity index is 70.1. The van der Waals surface area contributed by atoms with Gasteiger partial charge in [-0.05, 0) is 12.0 Å². The zero-order valence-electron chi connectivity index (χ0n) is 5.14. The highest BCUT2D eigenvalue weighted by Gasteiger charge is 1.89. The van der Waals surface area contributed by atoms with Crippen LogP contribution in [0.1, 0.15) is 6.92 Å². The smallest absolute Gasteiger partial charge is 0.0575 e. The van der Waals surface area contributed by atoms with Crippen LogP contribution < -0.4 is 0 Å². The van der Waals surface area contributed by atoms with Crippen LogP contribution in [-0.2, 0) is 0 Å². The van der Waals surface area contributed by atoms with Crippen LogP contribution >= 0.6 is 35.7 Å². The van der Waals surface area contributed by atoms with E-state index in [0.717, 1.165) is 9.95 Å². The molecule has 0 aromatic rings. The van der Waals surface area contributed by atoms with Crippen LogP contribution in [0.3, 0.4) is 0 Å². The molecule has 0 heterocycles. The van der Waals surface area contributed by atoms with Gasteiger partial charge in [0.1, 0.15) is 0 Å². The van der Waals surface area contributed by atoms with Crippen molar-refractivity contribution >= 4 is 39.9 Å². The van der Waals surface area contributed by atoms with Crippen molar-refractivity contribution in [1.82, 2.24) is 0 Å². The maximum atomic E-state index is 4.96. The summed E-state index contributed by atoms with van der Waals surface area (Å²) in [6, 6.07) is 0. The maximum absolute atomic E-state index is 4.96. The molecule has 0 saturated carbocycles. The van der Waals surface area contributed by atoms with Gasteiger partial charge in [-0.2, -0.15) is 11.8 Å². The van der Waals surface area contributed by atoms with Gasteiger partial charge in [-0.15, -0.1) is 11.8 Å². The van der Waals surface area contributed by atoms with Gasteiger partial charge in [-0.3, -0.25) is 0 Å². The van der Waals surface area contributed by atoms with Gasteiger partial charge >= 0.3 is 0 Å². The van der Waals surface area contributed by atoms with Gasteiger partial charge in [-0.1, -0.05) is 19.1 Å². The minimum Gasteiger partial charge on any atom is -0.156 e. The second kappa shape index (κ2) is 5.92. The van der Waals surface area contributed by atoms with Crippen molar-refractivity contribution in [3.8, 4) is 0 Å². The molecule has 0 bridgehead atoms. The van der Waals surface area contributed by atoms with Gasteiger partial charge in [0.2, 0.25) is 0 Å². The molecule has 0 atom stereocenters. The molecule has 0 aliphatic carbocycles. The summed E-state index contributed by atoms with van der Waals surface area (Å²) >= 11 is 8.52. The van der Waals surface area contributed by atoms with Crippen molar-refractivity contribution in [2.75, 3.05) is 17.8 Å². The van der Waals surface area contributed by atoms with Gasteiger partial charge in [0.25, 0.3) is 0 Å². The molecule has 0 aliphatic heterocycles. The average molecular weight is 166 g/mol. The highest BCUT2D eigenvalue weighted by Crippen LogP contribution is 2.06. The molecule has 0 unspecified atom stereocenters. The molecule has 0 rings (SSSR count). The summed E-state index contributed by atoms with van der Waals surface area (Å²) in [5.74, 6) is 2.20. The number of hydrogen-bond acceptors (Lipinski definition) is 3. The van der Waals surface area contributed by atoms with Crippen LogP contribution in [0, 0.1) is 0 Å². The van der Waals surface area contributed by atoms with Crippen molar-refractivity contribution in [2.45, 2.75) is 6.92 Å². The largest absolute Gasteiger partial charge is 0.156 e. The van der Waals surface area contributed by atoms with Crippen LogP contribution in [-0.4, -0.2) is 22.0 Å². The summed E-state index contributed by atoms with van der Waals surface area (Å²) in [5, 5.41) is 0. The topological polar surface area (TPSA) is 0 Å². The number of hydrogen-bond donors (Lipinski definition) is 0. The third-order valence-electron chi connectivity index (χ3n) is 0.652. The lowest BCUT2D eigenvalue weighted by Gasteiger charge is -1.94. The molecule has 0 fully saturated rings. The SMILES string of the molecule is CCSCC(=S)SC. The van der Waals surface area contributed by atoms with E-state index in [-0.39, 0.29) is 0 Å². The summed E-state index contributed by atoms with van der Waals surface area (Å²) in [5.41, 5.74) is 0. The fourth-order valence-corrected chi connectivity index (χ4v) is 1.59. The highest BCUT2D eigenvalue weighted by atomic mass is 32.2. The number of thioether (sulfide) groups is 2. The molecule has 0 spiro atoms. The van der Waals surface area contributed by atoms with E-state index in [1.165, 1.54) is 5.75 Å². The van der Waals surface area contributed by atoms with Crippen molar-refractivity contribution in [2.24, 2.45) is 0 Å². The van der Waals surface area contributed by atoms with Crippen LogP contribution in [0.5, 0.6) is 0 Å². The van der Waals surface area contributed by atoms with Crippen LogP contribution in [0.2, 0.25) is 0 Å². The number of rotatable bonds is 3. The third-order valence-corrected chi connectivity index (χ3v) is 3.16. The lowest BCUT2D eigenvalue weighted by Crippen LogP contribution is -1.89. The van der Waals surface area contributed by atoms with Crippen LogP contribution in [0.4, 0.5) is 0 Å². The molecule has 0 aliphatic rings. The summed E-state index contributed by atoms with van der Waals surface area (Å²) < 4.78 is 1.11. The highest BCUT2D eigenvalue weighted by molar-refractivity contribution is 8.24. The van der Waals surface area contributed by atoms with E-state index in [1.54, 1.807) is 11.8 Å². The van der Waals surface area contributed by atoms with E-state index >= 15 is 0 Å². The Labute approximate surface area is 64.8 Å². The lowest BCUT2D eigenvalue weighted by atomic mass is 10.9. The molecular weight excluding hydrogens is 156 g/mol. The molecule has 0 aromatic heterocycles. The molecule has 8 heavy (non-hydrogen) atoms. The van der Waals surface area contributed by atoms with Gasteiger partial charge in [-0.25, -0.2) is 0 Å². The van der Waals surface area contributed by atoms with Crippen LogP contribution in [0.25, 0.3) is 0 Å². The number of thiocarbonyl (C=S) groups is 1. The van der Waals surface area contributed by atoms with E-state index in [4.69, 9.17) is 12.2 Å². The Hall–Kier alpha value is 0.790. The summed E-state index contributed by atoms with van der Waals surface area (Å²) in [6.45, 7) is 2.15. The molecule has 0 radical (unpaired) electrons. The standard InChI is InChI=1S/C5H10S3/c1-3-8-4-5(6)7-2/h3-4H2,1-2H3. The second-order valence-corrected chi connectivity index (χ2v) is 4.14. The maximum Gasteiger partial charge on any atom is 0.0575 e. The molecule has 0 N–H and O–H groups in total. The zero-order valence-corrected chi connectivity index (χ0v) is 7.59. The molecule has 0 amide bonds. The van der Waals surface area contributed by atoms with E-state index in [0.29, 0.717) is 0 Å². The monoisotopic (exact) mass is 166 g/mol. The fraction of sp³-hybridized carbons (Fsp3) is 0.800. The Balaban J connectivity index is 2.99. The van der Waals surface area contributed by atoms with Gasteiger partial charge in [0, 0.05) is 5.75 Å². The van der Waals surface area contributed by atoms with Crippen molar-refractivity contribution in [3.05, 3.63) is 0 Å². The fourth-order valence-electron chi connectivity index (χ4n) is 0.244. The third kappa shape index (κ3) is 4.94. The van der Waals surface area contributed by atoms with E-state index in [9.17, 15) is 0 Å². The summed E-state index contributed by atoms with van der Waals surface area (Å²) in [4.78, 5) is 0. The average Bonchev–Trinajstić information content (AvgIpc) is 1.83. The van der Waals surface area contributed by atoms with Gasteiger partial charge in [0.05, 0.1) is 4.20 Å². The normalized spacial score (nSPS) is 9.25. The predicted octanol–water partition coefficient (Wildman–Crippen LogP) is 2.43. The quantitative estimate of drug-likeness (QED) is 0.591. The first-order chi connectivity index (χ1) is 3.81. The Morgan fingerprint density at radius 1 is 1.62 bits per heavy atom. The second-order valence-electron chi connectivity index (χ2n) is 1.21. The minimum absolute atomic E-state index is 1.03. The zero-order chi connectivity index (χ0) is 6.41. The first-order valence-corrected chi connectivity index (χ1v) is 5.24. The molecule has 3 heteroatoms. The molecule has 0 nitrogen and oxygen atoms in total. The Morgan fingerprint density at radius 2 is 2.25 bits per heavy atom. The van der Waals surface area contributed by atoms with E-state index in [2.05, 4.69) is 6.92 Å². The molecule has 0 aromatic carbocycles. The van der Waals surface area contributed by atoms with Crippen molar-refractivity contribution in [3.63, 3.8) is 0 Å². The van der Waals surface area contributed by atoms with Crippen molar-refractivity contribution < 1.29 is 0 Å². The van der Waals surface area contributed by atoms with Gasteiger partial charge < -0.3 is 0 Å². The van der Waals surface area contributed by atoms with Crippen LogP contribution in [0.15, 0.2) is 0 Å². The summed E-state index contributed by atoms with van der Waals surface area (Å²) in [7, 11) is 0. The van der Waals surface area contributed by atoms with Gasteiger partial charge in [0.15, 0.2) is 0 Å². The first-order valence-electron chi connectivity index (χ1n) is 2.45. The summed E-state index contributed by atoms with van der Waals surface area (Å²) in [6.07, 6.45) is 2.03. The molecule has 48 valence electrons. The van der Waals surface area contributed by atoms with E-state index in [1.807, 2.05) is 18.0 Å². The Kier molecular flexibility index (Phi) is 6.50. The molecular formula is C5H10S3. The molecule has 0 saturated heterocycles. The Morgan fingerprint density at radius 3 is 2.62 bits per heavy atom. The lowest BCUT2D eigenvalue weighted by molar-refractivity contribution is 1.53. The van der Waals surface area contributed by atoms with E-state index < -0.39 is 0 Å².